The molecule has 0 saturated heterocycles. The number of hydrogen-bond acceptors (Lipinski definition) is 2. The van der Waals surface area contributed by atoms with Gasteiger partial charge in [-0.25, -0.2) is 0 Å². The van der Waals surface area contributed by atoms with Gasteiger partial charge in [0.2, 0.25) is 0 Å². The lowest BCUT2D eigenvalue weighted by molar-refractivity contribution is 0.498. The molecular weight excluding hydrogens is 126 g/mol. The van der Waals surface area contributed by atoms with Crippen molar-refractivity contribution in [3.05, 3.63) is 24.2 Å². The number of hydrogen-bond donors (Lipinski definition) is 1. The molecule has 54 valence electrons. The van der Waals surface area contributed by atoms with E-state index in [1.165, 1.54) is 0 Å². The molecule has 0 amide bonds. The fourth-order valence-electron chi connectivity index (χ4n) is 1.30. The molecule has 10 heavy (non-hydrogen) atoms. The molecule has 2 heteroatoms. The van der Waals surface area contributed by atoms with Crippen LogP contribution in [0, 0.1) is 0 Å². The van der Waals surface area contributed by atoms with Crippen molar-refractivity contribution in [2.75, 3.05) is 0 Å². The van der Waals surface area contributed by atoms with Crippen molar-refractivity contribution >= 4 is 0 Å². The molecule has 1 aliphatic carbocycles. The molecule has 1 heterocycles. The summed E-state index contributed by atoms with van der Waals surface area (Å²) in [5.74, 6) is 1.49. The van der Waals surface area contributed by atoms with Crippen LogP contribution in [0.25, 0.3) is 0 Å². The lowest BCUT2D eigenvalue weighted by Gasteiger charge is -1.98. The first-order chi connectivity index (χ1) is 4.70. The first kappa shape index (κ1) is 5.98. The van der Waals surface area contributed by atoms with Gasteiger partial charge < -0.3 is 10.2 Å². The van der Waals surface area contributed by atoms with Crippen molar-refractivity contribution in [1.82, 2.24) is 0 Å². The molecule has 2 atom stereocenters. The first-order valence-corrected chi connectivity index (χ1v) is 3.52. The van der Waals surface area contributed by atoms with E-state index < -0.39 is 0 Å². The van der Waals surface area contributed by atoms with Gasteiger partial charge in [0.25, 0.3) is 0 Å². The molecule has 1 aromatic heterocycles. The van der Waals surface area contributed by atoms with Crippen LogP contribution in [0.3, 0.4) is 0 Å². The van der Waals surface area contributed by atoms with Gasteiger partial charge in [-0.3, -0.25) is 0 Å². The summed E-state index contributed by atoms with van der Waals surface area (Å²) in [5, 5.41) is 0. The Morgan fingerprint density at radius 3 is 2.90 bits per heavy atom. The molecule has 2 rings (SSSR count). The zero-order chi connectivity index (χ0) is 7.19. The monoisotopic (exact) mass is 137 g/mol. The zero-order valence-corrected chi connectivity index (χ0v) is 6.00. The summed E-state index contributed by atoms with van der Waals surface area (Å²) in [6.45, 7) is 2.06. The van der Waals surface area contributed by atoms with E-state index in [9.17, 15) is 0 Å². The fourth-order valence-corrected chi connectivity index (χ4v) is 1.30. The molecule has 0 bridgehead atoms. The van der Waals surface area contributed by atoms with Crippen LogP contribution >= 0.6 is 0 Å². The molecule has 2 N–H and O–H groups in total. The SMILES string of the molecule is CC1(N)CC1c1ccco1. The van der Waals surface area contributed by atoms with Crippen molar-refractivity contribution in [3.8, 4) is 0 Å². The lowest BCUT2D eigenvalue weighted by Crippen LogP contribution is -2.18. The molecule has 0 aliphatic heterocycles. The van der Waals surface area contributed by atoms with Gasteiger partial charge >= 0.3 is 0 Å². The van der Waals surface area contributed by atoms with E-state index in [2.05, 4.69) is 6.92 Å². The van der Waals surface area contributed by atoms with Crippen LogP contribution < -0.4 is 5.73 Å². The zero-order valence-electron chi connectivity index (χ0n) is 6.00. The molecule has 2 nitrogen and oxygen atoms in total. The predicted octanol–water partition coefficient (Wildman–Crippen LogP) is 1.48. The van der Waals surface area contributed by atoms with Crippen LogP contribution in [0.15, 0.2) is 22.8 Å². The molecule has 0 radical (unpaired) electrons. The van der Waals surface area contributed by atoms with Crippen LogP contribution in [0.2, 0.25) is 0 Å². The van der Waals surface area contributed by atoms with E-state index in [0.717, 1.165) is 12.2 Å². The van der Waals surface area contributed by atoms with Gasteiger partial charge in [-0.05, 0) is 25.5 Å². The molecule has 1 fully saturated rings. The Kier molecular flexibility index (Phi) is 0.980. The summed E-state index contributed by atoms with van der Waals surface area (Å²) in [7, 11) is 0. The second kappa shape index (κ2) is 1.64. The Hall–Kier alpha value is -0.760. The van der Waals surface area contributed by atoms with Crippen molar-refractivity contribution in [3.63, 3.8) is 0 Å². The molecule has 1 saturated carbocycles. The molecule has 2 unspecified atom stereocenters. The average molecular weight is 137 g/mol. The highest BCUT2D eigenvalue weighted by Crippen LogP contribution is 2.48. The highest BCUT2D eigenvalue weighted by atomic mass is 16.3. The minimum absolute atomic E-state index is 0.00213. The molecular formula is C8H11NO. The van der Waals surface area contributed by atoms with Gasteiger partial charge in [0, 0.05) is 11.5 Å². The van der Waals surface area contributed by atoms with Crippen LogP contribution in [0.5, 0.6) is 0 Å². The third kappa shape index (κ3) is 0.762. The van der Waals surface area contributed by atoms with Gasteiger partial charge in [0.1, 0.15) is 5.76 Å². The van der Waals surface area contributed by atoms with Crippen LogP contribution in [-0.2, 0) is 0 Å². The maximum absolute atomic E-state index is 5.84. The molecule has 1 aromatic rings. The van der Waals surface area contributed by atoms with Crippen molar-refractivity contribution < 1.29 is 4.42 Å². The van der Waals surface area contributed by atoms with Gasteiger partial charge in [-0.15, -0.1) is 0 Å². The Morgan fingerprint density at radius 2 is 2.50 bits per heavy atom. The topological polar surface area (TPSA) is 39.2 Å². The Labute approximate surface area is 60.0 Å². The predicted molar refractivity (Wildman–Crippen MR) is 38.7 cm³/mol. The molecule has 0 aromatic carbocycles. The fraction of sp³-hybridized carbons (Fsp3) is 0.500. The second-order valence-electron chi connectivity index (χ2n) is 3.28. The number of nitrogens with two attached hydrogens (primary N) is 1. The van der Waals surface area contributed by atoms with Crippen LogP contribution in [-0.4, -0.2) is 5.54 Å². The van der Waals surface area contributed by atoms with E-state index in [1.807, 2.05) is 12.1 Å². The second-order valence-corrected chi connectivity index (χ2v) is 3.28. The smallest absolute Gasteiger partial charge is 0.108 e. The lowest BCUT2D eigenvalue weighted by atomic mass is 10.2. The van der Waals surface area contributed by atoms with Crippen molar-refractivity contribution in [2.24, 2.45) is 5.73 Å². The largest absolute Gasteiger partial charge is 0.469 e. The van der Waals surface area contributed by atoms with E-state index in [-0.39, 0.29) is 5.54 Å². The molecule has 0 spiro atoms. The van der Waals surface area contributed by atoms with E-state index in [1.54, 1.807) is 6.26 Å². The van der Waals surface area contributed by atoms with Gasteiger partial charge in [0.15, 0.2) is 0 Å². The summed E-state index contributed by atoms with van der Waals surface area (Å²) in [6.07, 6.45) is 2.75. The normalized spacial score (nSPS) is 38.0. The van der Waals surface area contributed by atoms with Gasteiger partial charge in [-0.2, -0.15) is 0 Å². The highest BCUT2D eigenvalue weighted by molar-refractivity contribution is 5.23. The summed E-state index contributed by atoms with van der Waals surface area (Å²) in [6, 6.07) is 3.90. The molecule has 1 aliphatic rings. The minimum Gasteiger partial charge on any atom is -0.469 e. The Bertz CT molecular complexity index is 225. The minimum atomic E-state index is -0.00213. The van der Waals surface area contributed by atoms with E-state index >= 15 is 0 Å². The summed E-state index contributed by atoms with van der Waals surface area (Å²) in [5.41, 5.74) is 5.84. The van der Waals surface area contributed by atoms with Crippen LogP contribution in [0.1, 0.15) is 25.0 Å². The maximum atomic E-state index is 5.84. The third-order valence-corrected chi connectivity index (χ3v) is 2.17. The van der Waals surface area contributed by atoms with Crippen molar-refractivity contribution in [2.45, 2.75) is 24.8 Å². The standard InChI is InChI=1S/C8H11NO/c1-8(9)5-6(8)7-3-2-4-10-7/h2-4,6H,5,9H2,1H3. The van der Waals surface area contributed by atoms with Crippen molar-refractivity contribution in [1.29, 1.82) is 0 Å². The third-order valence-electron chi connectivity index (χ3n) is 2.17. The Balaban J connectivity index is 2.19. The number of rotatable bonds is 1. The quantitative estimate of drug-likeness (QED) is 0.636. The number of furan rings is 1. The van der Waals surface area contributed by atoms with E-state index in [4.69, 9.17) is 10.2 Å². The Morgan fingerprint density at radius 1 is 1.80 bits per heavy atom. The van der Waals surface area contributed by atoms with Gasteiger partial charge in [-0.1, -0.05) is 0 Å². The summed E-state index contributed by atoms with van der Waals surface area (Å²) in [4.78, 5) is 0. The summed E-state index contributed by atoms with van der Waals surface area (Å²) >= 11 is 0. The summed E-state index contributed by atoms with van der Waals surface area (Å²) < 4.78 is 5.21. The van der Waals surface area contributed by atoms with Crippen LogP contribution in [0.4, 0.5) is 0 Å². The van der Waals surface area contributed by atoms with E-state index in [0.29, 0.717) is 5.92 Å². The first-order valence-electron chi connectivity index (χ1n) is 3.52. The maximum Gasteiger partial charge on any atom is 0.108 e. The average Bonchev–Trinajstić information content (AvgIpc) is 2.31. The van der Waals surface area contributed by atoms with Gasteiger partial charge in [0.05, 0.1) is 6.26 Å². The highest BCUT2D eigenvalue weighted by Gasteiger charge is 2.49.